The number of nitrogens with zero attached hydrogens (tertiary/aromatic N) is 6. The molecule has 2 aromatic rings. The summed E-state index contributed by atoms with van der Waals surface area (Å²) < 4.78 is 25.3. The van der Waals surface area contributed by atoms with Crippen molar-refractivity contribution < 1.29 is 28.2 Å². The van der Waals surface area contributed by atoms with E-state index in [9.17, 15) is 18.8 Å². The van der Waals surface area contributed by atoms with Gasteiger partial charge >= 0.3 is 6.09 Å². The number of anilines is 1. The standard InChI is InChI=1S/C38H51FN6O5/c1-26-25-43(37(48)50-38(2,3)4)18-19-44(26)36(47)28-10-14-31(15-11-28)45-32-23-34(49-21-20-42-16-6-5-7-17-42)40-24-29(32)22-33(45)41-35(46)27-8-12-30(39)13-9-27/h8-9,12-13,23-24,26,28,31H,5-7,10-11,14-22,25H2,1-4H3/t26-,28?,31?/m1/s1. The number of pyridine rings is 1. The van der Waals surface area contributed by atoms with Crippen LogP contribution in [0.3, 0.4) is 0 Å². The zero-order valence-electron chi connectivity index (χ0n) is 29.9. The number of carbonyl (C=O) groups excluding carboxylic acids is 3. The SMILES string of the molecule is C[C@@H]1CN(C(=O)OC(C)(C)C)CCN1C(=O)C1CCC(N2C(=NC(=O)c3ccc(F)cc3)Cc3cnc(OCCN4CCCCC4)cc32)CC1. The van der Waals surface area contributed by atoms with Crippen LogP contribution in [0.25, 0.3) is 0 Å². The van der Waals surface area contributed by atoms with Gasteiger partial charge in [0, 0.05) is 74.0 Å². The molecule has 3 fully saturated rings. The van der Waals surface area contributed by atoms with Crippen LogP contribution in [0.15, 0.2) is 41.5 Å². The van der Waals surface area contributed by atoms with Gasteiger partial charge in [0.25, 0.3) is 5.91 Å². The van der Waals surface area contributed by atoms with Gasteiger partial charge in [-0.25, -0.2) is 14.2 Å². The number of ether oxygens (including phenoxy) is 2. The minimum Gasteiger partial charge on any atom is -0.476 e. The van der Waals surface area contributed by atoms with E-state index < -0.39 is 17.3 Å². The number of rotatable bonds is 7. The van der Waals surface area contributed by atoms with E-state index in [1.807, 2.05) is 44.9 Å². The summed E-state index contributed by atoms with van der Waals surface area (Å²) in [6, 6.07) is 7.32. The molecule has 0 spiro atoms. The zero-order chi connectivity index (χ0) is 35.4. The lowest BCUT2D eigenvalue weighted by atomic mass is 9.84. The van der Waals surface area contributed by atoms with Crippen LogP contribution in [0.2, 0.25) is 0 Å². The largest absolute Gasteiger partial charge is 0.476 e. The smallest absolute Gasteiger partial charge is 0.410 e. The molecule has 11 nitrogen and oxygen atoms in total. The Morgan fingerprint density at radius 2 is 1.70 bits per heavy atom. The van der Waals surface area contributed by atoms with Crippen LogP contribution in [-0.4, -0.2) is 107 Å². The lowest BCUT2D eigenvalue weighted by Gasteiger charge is -2.43. The van der Waals surface area contributed by atoms with Gasteiger partial charge in [0.15, 0.2) is 0 Å². The number of aromatic nitrogens is 1. The average molecular weight is 691 g/mol. The number of amidine groups is 1. The molecular weight excluding hydrogens is 639 g/mol. The number of piperidine rings is 1. The Morgan fingerprint density at radius 1 is 0.980 bits per heavy atom. The summed E-state index contributed by atoms with van der Waals surface area (Å²) in [5.41, 5.74) is 1.65. The minimum absolute atomic E-state index is 0.0325. The lowest BCUT2D eigenvalue weighted by molar-refractivity contribution is -0.141. The van der Waals surface area contributed by atoms with Crippen molar-refractivity contribution in [3.8, 4) is 5.88 Å². The van der Waals surface area contributed by atoms with E-state index in [4.69, 9.17) is 9.47 Å². The summed E-state index contributed by atoms with van der Waals surface area (Å²) in [4.78, 5) is 57.1. The molecule has 0 N–H and O–H groups in total. The predicted molar refractivity (Wildman–Crippen MR) is 189 cm³/mol. The quantitative estimate of drug-likeness (QED) is 0.364. The van der Waals surface area contributed by atoms with Crippen LogP contribution >= 0.6 is 0 Å². The van der Waals surface area contributed by atoms with Crippen molar-refractivity contribution >= 4 is 29.4 Å². The predicted octanol–water partition coefficient (Wildman–Crippen LogP) is 5.71. The number of hydrogen-bond acceptors (Lipinski definition) is 7. The van der Waals surface area contributed by atoms with E-state index in [-0.39, 0.29) is 30.0 Å². The van der Waals surface area contributed by atoms with Crippen molar-refractivity contribution in [1.82, 2.24) is 19.7 Å². The Balaban J connectivity index is 1.13. The number of halogens is 1. The molecule has 1 saturated carbocycles. The van der Waals surface area contributed by atoms with Gasteiger partial charge in [-0.2, -0.15) is 4.99 Å². The Bertz CT molecular complexity index is 1560. The Kier molecular flexibility index (Phi) is 11.0. The number of carbonyl (C=O) groups is 3. The van der Waals surface area contributed by atoms with E-state index in [1.165, 1.54) is 43.5 Å². The van der Waals surface area contributed by atoms with E-state index in [0.717, 1.165) is 43.7 Å². The molecule has 6 rings (SSSR count). The third-order valence-corrected chi connectivity index (χ3v) is 10.2. The molecule has 4 heterocycles. The number of fused-ring (bicyclic) bond motifs is 1. The number of piperazine rings is 1. The van der Waals surface area contributed by atoms with Crippen LogP contribution in [0, 0.1) is 11.7 Å². The summed E-state index contributed by atoms with van der Waals surface area (Å²) in [5.74, 6) is 0.357. The first-order valence-electron chi connectivity index (χ1n) is 18.2. The molecule has 1 aromatic heterocycles. The first kappa shape index (κ1) is 35.8. The highest BCUT2D eigenvalue weighted by molar-refractivity contribution is 6.12. The van der Waals surface area contributed by atoms with Crippen molar-refractivity contribution in [3.63, 3.8) is 0 Å². The molecule has 50 heavy (non-hydrogen) atoms. The second-order valence-electron chi connectivity index (χ2n) is 15.1. The van der Waals surface area contributed by atoms with E-state index in [1.54, 1.807) is 4.90 Å². The second kappa shape index (κ2) is 15.4. The summed E-state index contributed by atoms with van der Waals surface area (Å²) >= 11 is 0. The normalized spacial score (nSPS) is 23.9. The summed E-state index contributed by atoms with van der Waals surface area (Å²) in [6.07, 6.45) is 8.57. The number of aliphatic imine (C=N–C) groups is 1. The minimum atomic E-state index is -0.571. The fourth-order valence-corrected chi connectivity index (χ4v) is 7.62. The van der Waals surface area contributed by atoms with Crippen LogP contribution in [-0.2, 0) is 16.0 Å². The molecule has 4 aliphatic rings. The van der Waals surface area contributed by atoms with Gasteiger partial charge in [-0.15, -0.1) is 0 Å². The highest BCUT2D eigenvalue weighted by atomic mass is 19.1. The summed E-state index contributed by atoms with van der Waals surface area (Å²) in [7, 11) is 0. The average Bonchev–Trinajstić information content (AvgIpc) is 3.45. The number of benzene rings is 1. The van der Waals surface area contributed by atoms with E-state index in [0.29, 0.717) is 62.8 Å². The molecule has 0 radical (unpaired) electrons. The first-order valence-corrected chi connectivity index (χ1v) is 18.2. The van der Waals surface area contributed by atoms with Gasteiger partial charge < -0.3 is 24.2 Å². The molecule has 1 aliphatic carbocycles. The number of amides is 3. The highest BCUT2D eigenvalue weighted by Crippen LogP contribution is 2.39. The van der Waals surface area contributed by atoms with Crippen molar-refractivity contribution in [2.45, 2.75) is 96.7 Å². The second-order valence-corrected chi connectivity index (χ2v) is 15.1. The van der Waals surface area contributed by atoms with Gasteiger partial charge in [-0.3, -0.25) is 14.5 Å². The van der Waals surface area contributed by atoms with Gasteiger partial charge in [-0.1, -0.05) is 6.42 Å². The van der Waals surface area contributed by atoms with Crippen LogP contribution in [0.4, 0.5) is 14.9 Å². The maximum atomic E-state index is 13.8. The van der Waals surface area contributed by atoms with Crippen molar-refractivity contribution in [2.75, 3.05) is 50.8 Å². The zero-order valence-corrected chi connectivity index (χ0v) is 29.9. The molecule has 270 valence electrons. The molecule has 12 heteroatoms. The van der Waals surface area contributed by atoms with E-state index in [2.05, 4.69) is 19.8 Å². The number of likely N-dealkylation sites (tertiary alicyclic amines) is 1. The molecule has 1 atom stereocenters. The van der Waals surface area contributed by atoms with Gasteiger partial charge in [0.1, 0.15) is 23.9 Å². The molecule has 0 unspecified atom stereocenters. The maximum absolute atomic E-state index is 13.8. The summed E-state index contributed by atoms with van der Waals surface area (Å²) in [5, 5.41) is 0. The molecular formula is C38H51FN6O5. The van der Waals surface area contributed by atoms with Crippen LogP contribution in [0.1, 0.15) is 88.6 Å². The van der Waals surface area contributed by atoms with Crippen molar-refractivity contribution in [2.24, 2.45) is 10.9 Å². The van der Waals surface area contributed by atoms with Crippen LogP contribution in [0.5, 0.6) is 5.88 Å². The van der Waals surface area contributed by atoms with Crippen LogP contribution < -0.4 is 9.64 Å². The van der Waals surface area contributed by atoms with Gasteiger partial charge in [0.2, 0.25) is 11.8 Å². The monoisotopic (exact) mass is 690 g/mol. The topological polar surface area (TPSA) is 108 Å². The molecule has 3 aliphatic heterocycles. The first-order chi connectivity index (χ1) is 23.9. The Morgan fingerprint density at radius 3 is 2.38 bits per heavy atom. The van der Waals surface area contributed by atoms with Crippen molar-refractivity contribution in [1.29, 1.82) is 0 Å². The fourth-order valence-electron chi connectivity index (χ4n) is 7.62. The molecule has 0 bridgehead atoms. The lowest BCUT2D eigenvalue weighted by Crippen LogP contribution is -2.57. The number of hydrogen-bond donors (Lipinski definition) is 0. The Labute approximate surface area is 294 Å². The van der Waals surface area contributed by atoms with Gasteiger partial charge in [0.05, 0.1) is 5.69 Å². The maximum Gasteiger partial charge on any atom is 0.410 e. The third kappa shape index (κ3) is 8.62. The fraction of sp³-hybridized carbons (Fsp3) is 0.605. The molecule has 1 aromatic carbocycles. The Hall–Kier alpha value is -4.06. The third-order valence-electron chi connectivity index (χ3n) is 10.2. The highest BCUT2D eigenvalue weighted by Gasteiger charge is 2.40. The van der Waals surface area contributed by atoms with Crippen molar-refractivity contribution in [3.05, 3.63) is 53.5 Å². The molecule has 2 saturated heterocycles. The molecule has 3 amide bonds. The summed E-state index contributed by atoms with van der Waals surface area (Å²) in [6.45, 7) is 12.5. The van der Waals surface area contributed by atoms with Gasteiger partial charge in [-0.05, 0) is 104 Å². The van der Waals surface area contributed by atoms with E-state index >= 15 is 0 Å².